The van der Waals surface area contributed by atoms with Crippen molar-refractivity contribution < 1.29 is 23.0 Å². The van der Waals surface area contributed by atoms with Crippen molar-refractivity contribution in [2.45, 2.75) is 84.5 Å². The average molecular weight is 397 g/mol. The Bertz CT molecular complexity index is 610. The number of carbonyl (C=O) groups is 1. The zero-order chi connectivity index (χ0) is 20.4. The first-order chi connectivity index (χ1) is 13.6. The van der Waals surface area contributed by atoms with Crippen LogP contribution < -0.4 is 9.47 Å². The first-order valence-electron chi connectivity index (χ1n) is 10.9. The molecule has 1 aromatic carbocycles. The van der Waals surface area contributed by atoms with Crippen LogP contribution in [-0.2, 0) is 4.79 Å². The molecular weight excluding hydrogens is 362 g/mol. The van der Waals surface area contributed by atoms with Crippen LogP contribution in [0.2, 0.25) is 0 Å². The number of unbranched alkanes of at least 4 members (excludes halogenated alkanes) is 4. The topological polar surface area (TPSA) is 35.5 Å². The van der Waals surface area contributed by atoms with Crippen LogP contribution in [-0.4, -0.2) is 12.6 Å². The largest absolute Gasteiger partial charge is 0.490 e. The standard InChI is InChI=1S/C23H34F2O3/c1-3-5-6-7-8-16-27-19-14-15-20(22(25)21(19)24)28-23(26)18-12-10-17(9-4-2)11-13-18/h14-15,17-18H,3-13,16H2,1-2H3/t17-,18-. The third-order valence-electron chi connectivity index (χ3n) is 5.60. The highest BCUT2D eigenvalue weighted by molar-refractivity contribution is 5.75. The predicted octanol–water partition coefficient (Wildman–Crippen LogP) is 6.83. The molecule has 1 aliphatic carbocycles. The average Bonchev–Trinajstić information content (AvgIpc) is 2.70. The molecule has 0 heterocycles. The van der Waals surface area contributed by atoms with Gasteiger partial charge in [0, 0.05) is 0 Å². The number of halogens is 2. The van der Waals surface area contributed by atoms with E-state index < -0.39 is 17.6 Å². The molecule has 0 radical (unpaired) electrons. The maximum Gasteiger partial charge on any atom is 0.314 e. The smallest absolute Gasteiger partial charge is 0.314 e. The minimum Gasteiger partial charge on any atom is -0.490 e. The second kappa shape index (κ2) is 12.0. The summed E-state index contributed by atoms with van der Waals surface area (Å²) in [6, 6.07) is 2.62. The third-order valence-corrected chi connectivity index (χ3v) is 5.60. The lowest BCUT2D eigenvalue weighted by Crippen LogP contribution is -2.26. The fraction of sp³-hybridized carbons (Fsp3) is 0.696. The predicted molar refractivity (Wildman–Crippen MR) is 107 cm³/mol. The number of esters is 1. The van der Waals surface area contributed by atoms with E-state index in [0.29, 0.717) is 12.5 Å². The normalized spacial score (nSPS) is 19.4. The summed E-state index contributed by atoms with van der Waals surface area (Å²) < 4.78 is 39.1. The van der Waals surface area contributed by atoms with Gasteiger partial charge in [0.15, 0.2) is 11.5 Å². The first-order valence-corrected chi connectivity index (χ1v) is 10.9. The van der Waals surface area contributed by atoms with Gasteiger partial charge in [-0.05, 0) is 50.2 Å². The van der Waals surface area contributed by atoms with Crippen LogP contribution in [0.4, 0.5) is 8.78 Å². The number of rotatable bonds is 11. The number of ether oxygens (including phenoxy) is 2. The van der Waals surface area contributed by atoms with Crippen molar-refractivity contribution in [3.8, 4) is 11.5 Å². The molecule has 0 unspecified atom stereocenters. The van der Waals surface area contributed by atoms with Crippen molar-refractivity contribution in [1.82, 2.24) is 0 Å². The van der Waals surface area contributed by atoms with Crippen LogP contribution in [0.3, 0.4) is 0 Å². The summed E-state index contributed by atoms with van der Waals surface area (Å²) in [6.07, 6.45) is 11.1. The number of hydrogen-bond acceptors (Lipinski definition) is 3. The summed E-state index contributed by atoms with van der Waals surface area (Å²) >= 11 is 0. The molecular formula is C23H34F2O3. The van der Waals surface area contributed by atoms with Crippen LogP contribution in [0.5, 0.6) is 11.5 Å². The quantitative estimate of drug-likeness (QED) is 0.234. The van der Waals surface area contributed by atoms with E-state index in [0.717, 1.165) is 57.8 Å². The van der Waals surface area contributed by atoms with Crippen LogP contribution in [0, 0.1) is 23.5 Å². The van der Waals surface area contributed by atoms with E-state index in [1.54, 1.807) is 0 Å². The van der Waals surface area contributed by atoms with Gasteiger partial charge in [-0.1, -0.05) is 52.4 Å². The van der Waals surface area contributed by atoms with Gasteiger partial charge in [0.25, 0.3) is 0 Å². The van der Waals surface area contributed by atoms with E-state index in [4.69, 9.17) is 9.47 Å². The van der Waals surface area contributed by atoms with Gasteiger partial charge in [-0.15, -0.1) is 0 Å². The Hall–Kier alpha value is -1.65. The van der Waals surface area contributed by atoms with E-state index in [9.17, 15) is 13.6 Å². The molecule has 0 saturated heterocycles. The second-order valence-electron chi connectivity index (χ2n) is 7.88. The highest BCUT2D eigenvalue weighted by atomic mass is 19.2. The lowest BCUT2D eigenvalue weighted by Gasteiger charge is -2.26. The van der Waals surface area contributed by atoms with Gasteiger partial charge in [-0.25, -0.2) is 0 Å². The molecule has 1 fully saturated rings. The molecule has 0 spiro atoms. The van der Waals surface area contributed by atoms with Gasteiger partial charge in [0.2, 0.25) is 11.6 Å². The fourth-order valence-corrected chi connectivity index (χ4v) is 3.88. The van der Waals surface area contributed by atoms with E-state index in [2.05, 4.69) is 13.8 Å². The fourth-order valence-electron chi connectivity index (χ4n) is 3.88. The van der Waals surface area contributed by atoms with Crippen molar-refractivity contribution in [1.29, 1.82) is 0 Å². The van der Waals surface area contributed by atoms with E-state index in [1.165, 1.54) is 25.0 Å². The number of hydrogen-bond donors (Lipinski definition) is 0. The van der Waals surface area contributed by atoms with Crippen molar-refractivity contribution in [3.63, 3.8) is 0 Å². The third kappa shape index (κ3) is 6.75. The van der Waals surface area contributed by atoms with Crippen LogP contribution in [0.1, 0.15) is 84.5 Å². The molecule has 0 bridgehead atoms. The zero-order valence-electron chi connectivity index (χ0n) is 17.3. The Balaban J connectivity index is 1.84. The monoisotopic (exact) mass is 396 g/mol. The highest BCUT2D eigenvalue weighted by Crippen LogP contribution is 2.34. The molecule has 2 rings (SSSR count). The van der Waals surface area contributed by atoms with Crippen LogP contribution >= 0.6 is 0 Å². The second-order valence-corrected chi connectivity index (χ2v) is 7.88. The molecule has 0 N–H and O–H groups in total. The zero-order valence-corrected chi connectivity index (χ0v) is 17.3. The summed E-state index contributed by atoms with van der Waals surface area (Å²) in [5.41, 5.74) is 0. The van der Waals surface area contributed by atoms with Crippen molar-refractivity contribution in [2.24, 2.45) is 11.8 Å². The molecule has 3 nitrogen and oxygen atoms in total. The maximum absolute atomic E-state index is 14.3. The van der Waals surface area contributed by atoms with Crippen LogP contribution in [0.15, 0.2) is 12.1 Å². The molecule has 0 aliphatic heterocycles. The lowest BCUT2D eigenvalue weighted by molar-refractivity contribution is -0.140. The number of benzene rings is 1. The Morgan fingerprint density at radius 1 is 0.929 bits per heavy atom. The Morgan fingerprint density at radius 3 is 2.25 bits per heavy atom. The van der Waals surface area contributed by atoms with Gasteiger partial charge in [-0.2, -0.15) is 8.78 Å². The lowest BCUT2D eigenvalue weighted by atomic mass is 9.80. The van der Waals surface area contributed by atoms with Crippen molar-refractivity contribution in [3.05, 3.63) is 23.8 Å². The maximum atomic E-state index is 14.3. The molecule has 0 amide bonds. The van der Waals surface area contributed by atoms with Gasteiger partial charge < -0.3 is 9.47 Å². The summed E-state index contributed by atoms with van der Waals surface area (Å²) in [4.78, 5) is 12.3. The summed E-state index contributed by atoms with van der Waals surface area (Å²) in [7, 11) is 0. The summed E-state index contributed by atoms with van der Waals surface area (Å²) in [5, 5.41) is 0. The molecule has 28 heavy (non-hydrogen) atoms. The molecule has 0 atom stereocenters. The van der Waals surface area contributed by atoms with Gasteiger partial charge in [0.05, 0.1) is 12.5 Å². The van der Waals surface area contributed by atoms with Crippen LogP contribution in [0.25, 0.3) is 0 Å². The van der Waals surface area contributed by atoms with Gasteiger partial charge >= 0.3 is 5.97 Å². The molecule has 1 aromatic rings. The van der Waals surface area contributed by atoms with Gasteiger partial charge in [-0.3, -0.25) is 4.79 Å². The number of carbonyl (C=O) groups excluding carboxylic acids is 1. The SMILES string of the molecule is CCCCCCCOc1ccc(OC(=O)[C@H]2CC[C@H](CCC)CC2)c(F)c1F. The Labute approximate surface area is 167 Å². The minimum atomic E-state index is -1.16. The van der Waals surface area contributed by atoms with Crippen molar-refractivity contribution >= 4 is 5.97 Å². The highest BCUT2D eigenvalue weighted by Gasteiger charge is 2.28. The van der Waals surface area contributed by atoms with Crippen molar-refractivity contribution in [2.75, 3.05) is 6.61 Å². The van der Waals surface area contributed by atoms with E-state index in [-0.39, 0.29) is 17.4 Å². The van der Waals surface area contributed by atoms with Gasteiger partial charge in [0.1, 0.15) is 0 Å². The first kappa shape index (κ1) is 22.6. The molecule has 158 valence electrons. The summed E-state index contributed by atoms with van der Waals surface area (Å²) in [6.45, 7) is 4.65. The molecule has 1 saturated carbocycles. The summed E-state index contributed by atoms with van der Waals surface area (Å²) in [5.74, 6) is -2.75. The molecule has 1 aliphatic rings. The van der Waals surface area contributed by atoms with E-state index >= 15 is 0 Å². The molecule has 0 aromatic heterocycles. The Kier molecular flexibility index (Phi) is 9.72. The van der Waals surface area contributed by atoms with E-state index in [1.807, 2.05) is 0 Å². The Morgan fingerprint density at radius 2 is 1.57 bits per heavy atom. The molecule has 5 heteroatoms. The minimum absolute atomic E-state index is 0.132.